The Morgan fingerprint density at radius 1 is 1.06 bits per heavy atom. The predicted octanol–water partition coefficient (Wildman–Crippen LogP) is 4.29. The molecule has 0 unspecified atom stereocenters. The number of rotatable bonds is 7. The lowest BCUT2D eigenvalue weighted by Crippen LogP contribution is -2.05. The van der Waals surface area contributed by atoms with E-state index in [9.17, 15) is 0 Å². The molecule has 0 N–H and O–H groups in total. The Hall–Kier alpha value is -1.18. The van der Waals surface area contributed by atoms with E-state index in [1.165, 1.54) is 6.42 Å². The first-order chi connectivity index (χ1) is 8.08. The van der Waals surface area contributed by atoms with Crippen LogP contribution in [0.3, 0.4) is 0 Å². The van der Waals surface area contributed by atoms with E-state index in [0.29, 0.717) is 0 Å². The Bertz CT molecular complexity index is 318. The van der Waals surface area contributed by atoms with Crippen molar-refractivity contribution >= 4 is 0 Å². The van der Waals surface area contributed by atoms with Gasteiger partial charge in [-0.2, -0.15) is 0 Å². The topological polar surface area (TPSA) is 18.5 Å². The van der Waals surface area contributed by atoms with Gasteiger partial charge in [-0.05, 0) is 44.7 Å². The minimum Gasteiger partial charge on any atom is -0.493 e. The highest BCUT2D eigenvalue weighted by molar-refractivity contribution is 5.33. The normalized spacial score (nSPS) is 10.9. The molecule has 0 atom stereocenters. The van der Waals surface area contributed by atoms with Crippen molar-refractivity contribution in [2.75, 3.05) is 6.61 Å². The molecule has 0 fully saturated rings. The fourth-order valence-corrected chi connectivity index (χ4v) is 1.59. The van der Waals surface area contributed by atoms with Crippen LogP contribution in [0, 0.1) is 5.92 Å². The smallest absolute Gasteiger partial charge is 0.123 e. The highest BCUT2D eigenvalue weighted by Gasteiger charge is 2.00. The van der Waals surface area contributed by atoms with E-state index in [0.717, 1.165) is 30.4 Å². The molecule has 0 bridgehead atoms. The van der Waals surface area contributed by atoms with Crippen LogP contribution in [0.25, 0.3) is 0 Å². The molecule has 2 nitrogen and oxygen atoms in total. The van der Waals surface area contributed by atoms with Gasteiger partial charge in [0.05, 0.1) is 12.7 Å². The zero-order chi connectivity index (χ0) is 12.7. The summed E-state index contributed by atoms with van der Waals surface area (Å²) < 4.78 is 11.3. The van der Waals surface area contributed by atoms with Crippen LogP contribution < -0.4 is 9.47 Å². The van der Waals surface area contributed by atoms with E-state index in [4.69, 9.17) is 9.47 Å². The minimum atomic E-state index is 0.200. The van der Waals surface area contributed by atoms with Gasteiger partial charge in [0.1, 0.15) is 11.5 Å². The van der Waals surface area contributed by atoms with Gasteiger partial charge in [0.25, 0.3) is 0 Å². The maximum Gasteiger partial charge on any atom is 0.123 e. The summed E-state index contributed by atoms with van der Waals surface area (Å²) in [4.78, 5) is 0. The van der Waals surface area contributed by atoms with Crippen molar-refractivity contribution in [1.29, 1.82) is 0 Å². The van der Waals surface area contributed by atoms with Crippen molar-refractivity contribution in [2.24, 2.45) is 5.92 Å². The molecule has 2 heteroatoms. The average Bonchev–Trinajstić information content (AvgIpc) is 2.24. The molecular weight excluding hydrogens is 212 g/mol. The zero-order valence-corrected chi connectivity index (χ0v) is 11.4. The lowest BCUT2D eigenvalue weighted by Gasteiger charge is -2.12. The average molecular weight is 236 g/mol. The molecule has 1 aromatic rings. The lowest BCUT2D eigenvalue weighted by atomic mass is 10.1. The van der Waals surface area contributed by atoms with Crippen LogP contribution in [0.2, 0.25) is 0 Å². The quantitative estimate of drug-likeness (QED) is 0.657. The maximum atomic E-state index is 5.70. The molecule has 1 rings (SSSR count). The van der Waals surface area contributed by atoms with Crippen LogP contribution in [-0.4, -0.2) is 12.7 Å². The second kappa shape index (κ2) is 7.21. The van der Waals surface area contributed by atoms with E-state index in [1.807, 2.05) is 38.1 Å². The van der Waals surface area contributed by atoms with Crippen LogP contribution in [0.5, 0.6) is 11.5 Å². The molecule has 96 valence electrons. The van der Waals surface area contributed by atoms with Crippen molar-refractivity contribution in [3.05, 3.63) is 24.3 Å². The van der Waals surface area contributed by atoms with Crippen LogP contribution in [0.1, 0.15) is 40.5 Å². The Kier molecular flexibility index (Phi) is 5.88. The third-order valence-electron chi connectivity index (χ3n) is 2.37. The number of hydrogen-bond acceptors (Lipinski definition) is 2. The third-order valence-corrected chi connectivity index (χ3v) is 2.37. The van der Waals surface area contributed by atoms with Crippen molar-refractivity contribution in [1.82, 2.24) is 0 Å². The molecule has 1 aromatic carbocycles. The summed E-state index contributed by atoms with van der Waals surface area (Å²) in [6.07, 6.45) is 2.51. The van der Waals surface area contributed by atoms with Gasteiger partial charge in [0.15, 0.2) is 0 Å². The summed E-state index contributed by atoms with van der Waals surface area (Å²) in [5.74, 6) is 2.52. The summed E-state index contributed by atoms with van der Waals surface area (Å²) in [6, 6.07) is 7.86. The first kappa shape index (κ1) is 13.9. The highest BCUT2D eigenvalue weighted by atomic mass is 16.5. The van der Waals surface area contributed by atoms with Crippen molar-refractivity contribution in [3.8, 4) is 11.5 Å². The van der Waals surface area contributed by atoms with E-state index < -0.39 is 0 Å². The van der Waals surface area contributed by atoms with Crippen LogP contribution in [0.15, 0.2) is 24.3 Å². The molecule has 0 spiro atoms. The van der Waals surface area contributed by atoms with Gasteiger partial charge >= 0.3 is 0 Å². The van der Waals surface area contributed by atoms with Gasteiger partial charge in [-0.1, -0.05) is 19.9 Å². The molecule has 0 aliphatic heterocycles. The molecule has 0 saturated carbocycles. The molecule has 0 aliphatic carbocycles. The summed E-state index contributed by atoms with van der Waals surface area (Å²) in [5.41, 5.74) is 0. The Morgan fingerprint density at radius 2 is 1.76 bits per heavy atom. The predicted molar refractivity (Wildman–Crippen MR) is 71.8 cm³/mol. The molecule has 0 aromatic heterocycles. The summed E-state index contributed by atoms with van der Waals surface area (Å²) in [6.45, 7) is 9.30. The molecule has 0 amide bonds. The fraction of sp³-hybridized carbons (Fsp3) is 0.600. The van der Waals surface area contributed by atoms with E-state index >= 15 is 0 Å². The SMILES string of the molecule is CC(C)CCCOc1cccc(OC(C)C)c1. The fourth-order valence-electron chi connectivity index (χ4n) is 1.59. The van der Waals surface area contributed by atoms with Crippen LogP contribution in [0.4, 0.5) is 0 Å². The lowest BCUT2D eigenvalue weighted by molar-refractivity contribution is 0.239. The summed E-state index contributed by atoms with van der Waals surface area (Å²) in [7, 11) is 0. The van der Waals surface area contributed by atoms with E-state index in [1.54, 1.807) is 0 Å². The largest absolute Gasteiger partial charge is 0.493 e. The first-order valence-corrected chi connectivity index (χ1v) is 6.47. The minimum absolute atomic E-state index is 0.200. The molecular formula is C15H24O2. The van der Waals surface area contributed by atoms with Gasteiger partial charge in [0, 0.05) is 6.07 Å². The monoisotopic (exact) mass is 236 g/mol. The van der Waals surface area contributed by atoms with Crippen LogP contribution in [-0.2, 0) is 0 Å². The van der Waals surface area contributed by atoms with Crippen molar-refractivity contribution in [2.45, 2.75) is 46.6 Å². The molecule has 17 heavy (non-hydrogen) atoms. The molecule has 0 saturated heterocycles. The molecule has 0 aliphatic rings. The van der Waals surface area contributed by atoms with Gasteiger partial charge in [-0.25, -0.2) is 0 Å². The second-order valence-electron chi connectivity index (χ2n) is 5.03. The third kappa shape index (κ3) is 6.20. The number of ether oxygens (including phenoxy) is 2. The van der Waals surface area contributed by atoms with Crippen LogP contribution >= 0.6 is 0 Å². The highest BCUT2D eigenvalue weighted by Crippen LogP contribution is 2.20. The molecule has 0 heterocycles. The standard InChI is InChI=1S/C15H24O2/c1-12(2)7-6-10-16-14-8-5-9-15(11-14)17-13(3)4/h5,8-9,11-13H,6-7,10H2,1-4H3. The Labute approximate surface area is 105 Å². The first-order valence-electron chi connectivity index (χ1n) is 6.47. The van der Waals surface area contributed by atoms with Gasteiger partial charge in [-0.3, -0.25) is 0 Å². The van der Waals surface area contributed by atoms with Crippen molar-refractivity contribution < 1.29 is 9.47 Å². The van der Waals surface area contributed by atoms with E-state index in [-0.39, 0.29) is 6.10 Å². The Balaban J connectivity index is 2.37. The van der Waals surface area contributed by atoms with Gasteiger partial charge in [-0.15, -0.1) is 0 Å². The van der Waals surface area contributed by atoms with Gasteiger partial charge < -0.3 is 9.47 Å². The summed E-state index contributed by atoms with van der Waals surface area (Å²) >= 11 is 0. The second-order valence-corrected chi connectivity index (χ2v) is 5.03. The Morgan fingerprint density at radius 3 is 2.41 bits per heavy atom. The number of benzene rings is 1. The van der Waals surface area contributed by atoms with Crippen molar-refractivity contribution in [3.63, 3.8) is 0 Å². The van der Waals surface area contributed by atoms with E-state index in [2.05, 4.69) is 13.8 Å². The van der Waals surface area contributed by atoms with Gasteiger partial charge in [0.2, 0.25) is 0 Å². The maximum absolute atomic E-state index is 5.70. The molecule has 0 radical (unpaired) electrons. The zero-order valence-electron chi connectivity index (χ0n) is 11.4. The summed E-state index contributed by atoms with van der Waals surface area (Å²) in [5, 5.41) is 0. The number of hydrogen-bond donors (Lipinski definition) is 0.